The molecule has 2 nitrogen and oxygen atoms in total. The second-order valence-corrected chi connectivity index (χ2v) is 6.94. The number of halogens is 1. The molecule has 3 heteroatoms. The Morgan fingerprint density at radius 1 is 0.952 bits per heavy atom. The largest absolute Gasteiger partial charge is 0.388 e. The molecule has 0 aromatic heterocycles. The van der Waals surface area contributed by atoms with Gasteiger partial charge in [-0.15, -0.1) is 0 Å². The summed E-state index contributed by atoms with van der Waals surface area (Å²) in [5.74, 6) is -0.135. The smallest absolute Gasteiger partial charge is 0.0886 e. The number of aliphatic hydroxyl groups excluding tert-OH is 1. The number of hydrogen-bond acceptors (Lipinski definition) is 2. The van der Waals surface area contributed by atoms with E-state index in [4.69, 9.17) is 4.74 Å². The lowest BCUT2D eigenvalue weighted by Crippen LogP contribution is -2.35. The van der Waals surface area contributed by atoms with Crippen molar-refractivity contribution in [3.8, 4) is 0 Å². The Morgan fingerprint density at radius 3 is 2.05 bits per heavy atom. The van der Waals surface area contributed by atoms with Crippen molar-refractivity contribution in [1.29, 1.82) is 0 Å². The lowest BCUT2D eigenvalue weighted by Gasteiger charge is -2.37. The van der Waals surface area contributed by atoms with E-state index in [0.29, 0.717) is 0 Å². The highest BCUT2D eigenvalue weighted by Crippen LogP contribution is 2.40. The molecule has 0 heterocycles. The number of aliphatic hydroxyl groups is 1. The Kier molecular flexibility index (Phi) is 5.41. The van der Waals surface area contributed by atoms with Crippen LogP contribution in [0.2, 0.25) is 0 Å². The van der Waals surface area contributed by atoms with Crippen molar-refractivity contribution in [2.45, 2.75) is 31.5 Å². The molecular weight excluding hydrogens is 375 g/mol. The second kappa shape index (κ2) is 6.90. The van der Waals surface area contributed by atoms with Crippen LogP contribution < -0.4 is 0 Å². The highest BCUT2D eigenvalue weighted by molar-refractivity contribution is 14.1. The first-order chi connectivity index (χ1) is 9.95. The zero-order valence-electron chi connectivity index (χ0n) is 12.6. The predicted octanol–water partition coefficient (Wildman–Crippen LogP) is 4.53. The molecule has 0 fully saturated rings. The topological polar surface area (TPSA) is 29.5 Å². The first-order valence-electron chi connectivity index (χ1n) is 6.99. The highest BCUT2D eigenvalue weighted by Gasteiger charge is 2.37. The standard InChI is InChI=1S/C18H21IO2/c1-18(2,21-3)16(13-7-5-4-6-8-13)17(20)14-9-11-15(19)12-10-14/h4-12,16-17,20H,1-3H3/t16-,17+/m1/s1. The van der Waals surface area contributed by atoms with E-state index in [9.17, 15) is 5.11 Å². The van der Waals surface area contributed by atoms with E-state index >= 15 is 0 Å². The molecule has 0 aliphatic carbocycles. The van der Waals surface area contributed by atoms with Crippen LogP contribution in [-0.2, 0) is 4.74 Å². The van der Waals surface area contributed by atoms with Crippen molar-refractivity contribution in [1.82, 2.24) is 0 Å². The van der Waals surface area contributed by atoms with Crippen LogP contribution in [-0.4, -0.2) is 17.8 Å². The number of hydrogen-bond donors (Lipinski definition) is 1. The van der Waals surface area contributed by atoms with Crippen LogP contribution >= 0.6 is 22.6 Å². The Morgan fingerprint density at radius 2 is 1.52 bits per heavy atom. The molecule has 112 valence electrons. The summed E-state index contributed by atoms with van der Waals surface area (Å²) in [6.07, 6.45) is -0.612. The third kappa shape index (κ3) is 3.84. The first kappa shape index (κ1) is 16.5. The molecule has 0 saturated carbocycles. The average molecular weight is 396 g/mol. The van der Waals surface area contributed by atoms with Gasteiger partial charge in [-0.25, -0.2) is 0 Å². The summed E-state index contributed by atoms with van der Waals surface area (Å²) < 4.78 is 6.82. The van der Waals surface area contributed by atoms with Crippen molar-refractivity contribution in [3.63, 3.8) is 0 Å². The molecule has 0 aliphatic rings. The van der Waals surface area contributed by atoms with Gasteiger partial charge in [-0.1, -0.05) is 42.5 Å². The maximum Gasteiger partial charge on any atom is 0.0886 e. The molecule has 0 bridgehead atoms. The average Bonchev–Trinajstić information content (AvgIpc) is 2.49. The summed E-state index contributed by atoms with van der Waals surface area (Å²) in [4.78, 5) is 0. The number of rotatable bonds is 5. The lowest BCUT2D eigenvalue weighted by molar-refractivity contribution is -0.0428. The minimum Gasteiger partial charge on any atom is -0.388 e. The summed E-state index contributed by atoms with van der Waals surface area (Å²) in [5, 5.41) is 10.9. The van der Waals surface area contributed by atoms with Crippen molar-refractivity contribution in [3.05, 3.63) is 69.3 Å². The molecule has 2 aromatic rings. The molecule has 0 radical (unpaired) electrons. The molecule has 0 unspecified atom stereocenters. The number of methoxy groups -OCH3 is 1. The lowest BCUT2D eigenvalue weighted by atomic mass is 9.78. The second-order valence-electron chi connectivity index (χ2n) is 5.69. The molecule has 2 rings (SSSR count). The van der Waals surface area contributed by atoms with Gasteiger partial charge in [-0.3, -0.25) is 0 Å². The summed E-state index contributed by atoms with van der Waals surface area (Å²) >= 11 is 2.27. The van der Waals surface area contributed by atoms with Crippen molar-refractivity contribution >= 4 is 22.6 Å². The fraction of sp³-hybridized carbons (Fsp3) is 0.333. The predicted molar refractivity (Wildman–Crippen MR) is 94.4 cm³/mol. The Balaban J connectivity index is 2.42. The van der Waals surface area contributed by atoms with Gasteiger partial charge in [0.05, 0.1) is 11.7 Å². The summed E-state index contributed by atoms with van der Waals surface area (Å²) in [5.41, 5.74) is 1.52. The fourth-order valence-electron chi connectivity index (χ4n) is 2.60. The van der Waals surface area contributed by atoms with E-state index < -0.39 is 11.7 Å². The molecule has 0 amide bonds. The van der Waals surface area contributed by atoms with Crippen LogP contribution in [0.3, 0.4) is 0 Å². The van der Waals surface area contributed by atoms with E-state index in [1.54, 1.807) is 7.11 Å². The monoisotopic (exact) mass is 396 g/mol. The SMILES string of the molecule is COC(C)(C)[C@H](c1ccccc1)[C@@H](O)c1ccc(I)cc1. The third-order valence-corrected chi connectivity index (χ3v) is 4.68. The Bertz CT molecular complexity index is 564. The van der Waals surface area contributed by atoms with Gasteiger partial charge in [0.1, 0.15) is 0 Å². The van der Waals surface area contributed by atoms with E-state index in [-0.39, 0.29) is 5.92 Å². The Labute approximate surface area is 140 Å². The van der Waals surface area contributed by atoms with Crippen molar-refractivity contribution in [2.24, 2.45) is 0 Å². The molecule has 21 heavy (non-hydrogen) atoms. The molecular formula is C18H21IO2. The van der Waals surface area contributed by atoms with Gasteiger partial charge in [0.15, 0.2) is 0 Å². The van der Waals surface area contributed by atoms with Gasteiger partial charge in [-0.2, -0.15) is 0 Å². The van der Waals surface area contributed by atoms with Crippen LogP contribution in [0.15, 0.2) is 54.6 Å². The normalized spacial score (nSPS) is 14.7. The van der Waals surface area contributed by atoms with Gasteiger partial charge in [0.25, 0.3) is 0 Å². The highest BCUT2D eigenvalue weighted by atomic mass is 127. The van der Waals surface area contributed by atoms with Crippen LogP contribution in [0, 0.1) is 3.57 Å². The van der Waals surface area contributed by atoms with Gasteiger partial charge in [-0.05, 0) is 59.7 Å². The number of benzene rings is 2. The number of ether oxygens (including phenoxy) is 1. The Hall–Kier alpha value is -0.910. The molecule has 0 aliphatic heterocycles. The molecule has 0 saturated heterocycles. The minimum absolute atomic E-state index is 0.135. The van der Waals surface area contributed by atoms with Gasteiger partial charge in [0.2, 0.25) is 0 Å². The minimum atomic E-state index is -0.612. The molecule has 1 N–H and O–H groups in total. The van der Waals surface area contributed by atoms with Crippen LogP contribution in [0.4, 0.5) is 0 Å². The maximum absolute atomic E-state index is 10.9. The van der Waals surface area contributed by atoms with Crippen LogP contribution in [0.1, 0.15) is 37.0 Å². The first-order valence-corrected chi connectivity index (χ1v) is 8.07. The third-order valence-electron chi connectivity index (χ3n) is 3.96. The van der Waals surface area contributed by atoms with Crippen LogP contribution in [0.25, 0.3) is 0 Å². The molecule has 0 spiro atoms. The van der Waals surface area contributed by atoms with Gasteiger partial charge < -0.3 is 9.84 Å². The molecule has 2 atom stereocenters. The van der Waals surface area contributed by atoms with Gasteiger partial charge in [0, 0.05) is 16.6 Å². The summed E-state index contributed by atoms with van der Waals surface area (Å²) in [6, 6.07) is 18.0. The zero-order chi connectivity index (χ0) is 15.5. The van der Waals surface area contributed by atoms with E-state index in [1.165, 1.54) is 0 Å². The van der Waals surface area contributed by atoms with E-state index in [2.05, 4.69) is 22.6 Å². The molecule has 2 aromatic carbocycles. The van der Waals surface area contributed by atoms with E-state index in [0.717, 1.165) is 14.7 Å². The maximum atomic E-state index is 10.9. The van der Waals surface area contributed by atoms with Crippen molar-refractivity contribution < 1.29 is 9.84 Å². The van der Waals surface area contributed by atoms with Crippen molar-refractivity contribution in [2.75, 3.05) is 7.11 Å². The quantitative estimate of drug-likeness (QED) is 0.753. The van der Waals surface area contributed by atoms with E-state index in [1.807, 2.05) is 68.4 Å². The van der Waals surface area contributed by atoms with Gasteiger partial charge >= 0.3 is 0 Å². The fourth-order valence-corrected chi connectivity index (χ4v) is 2.96. The zero-order valence-corrected chi connectivity index (χ0v) is 14.7. The van der Waals surface area contributed by atoms with Crippen LogP contribution in [0.5, 0.6) is 0 Å². The summed E-state index contributed by atoms with van der Waals surface area (Å²) in [7, 11) is 1.69. The summed E-state index contributed by atoms with van der Waals surface area (Å²) in [6.45, 7) is 4.03.